The van der Waals surface area contributed by atoms with Crippen LogP contribution in [0.25, 0.3) is 0 Å². The molecule has 5 nitrogen and oxygen atoms in total. The van der Waals surface area contributed by atoms with Crippen molar-refractivity contribution >= 4 is 17.2 Å². The first kappa shape index (κ1) is 11.6. The van der Waals surface area contributed by atoms with Crippen LogP contribution in [0.5, 0.6) is 0 Å². The third-order valence-corrected chi connectivity index (χ3v) is 2.69. The fourth-order valence-electron chi connectivity index (χ4n) is 1.56. The molecule has 0 aromatic rings. The number of nitrogens with one attached hydrogen (secondary N) is 1. The molecular formula is C8H14NO4S-. The summed E-state index contributed by atoms with van der Waals surface area (Å²) in [6, 6.07) is 0. The van der Waals surface area contributed by atoms with Crippen molar-refractivity contribution in [2.75, 3.05) is 13.2 Å². The number of hydrogen-bond donors (Lipinski definition) is 1. The largest absolute Gasteiger partial charge is 0.760 e. The summed E-state index contributed by atoms with van der Waals surface area (Å²) in [7, 11) is 0. The molecule has 82 valence electrons. The highest BCUT2D eigenvalue weighted by atomic mass is 32.2. The molecule has 0 heterocycles. The highest BCUT2D eigenvalue weighted by Gasteiger charge is 2.23. The van der Waals surface area contributed by atoms with Crippen molar-refractivity contribution in [1.82, 2.24) is 4.72 Å². The average Bonchev–Trinajstić information content (AvgIpc) is 2.64. The van der Waals surface area contributed by atoms with Crippen LogP contribution < -0.4 is 4.72 Å². The Morgan fingerprint density at radius 1 is 1.50 bits per heavy atom. The summed E-state index contributed by atoms with van der Waals surface area (Å²) in [6.07, 6.45) is 3.98. The minimum atomic E-state index is -2.27. The molecule has 1 aliphatic rings. The first-order valence-electron chi connectivity index (χ1n) is 4.69. The van der Waals surface area contributed by atoms with Gasteiger partial charge in [0.05, 0.1) is 5.92 Å². The molecule has 0 bridgehead atoms. The van der Waals surface area contributed by atoms with Gasteiger partial charge < -0.3 is 9.29 Å². The third-order valence-electron chi connectivity index (χ3n) is 2.25. The molecule has 0 aliphatic heterocycles. The van der Waals surface area contributed by atoms with E-state index in [-0.39, 0.29) is 25.0 Å². The molecule has 1 rings (SSSR count). The summed E-state index contributed by atoms with van der Waals surface area (Å²) in [5, 5.41) is 0. The summed E-state index contributed by atoms with van der Waals surface area (Å²) in [4.78, 5) is 11.3. The molecule has 1 atom stereocenters. The molecule has 1 aliphatic carbocycles. The van der Waals surface area contributed by atoms with Gasteiger partial charge in [-0.1, -0.05) is 12.8 Å². The maximum Gasteiger partial charge on any atom is 0.308 e. The Hall–Kier alpha value is -0.460. The Morgan fingerprint density at radius 2 is 2.14 bits per heavy atom. The lowest BCUT2D eigenvalue weighted by molar-refractivity contribution is -0.148. The second-order valence-electron chi connectivity index (χ2n) is 3.28. The van der Waals surface area contributed by atoms with Crippen molar-refractivity contribution in [2.45, 2.75) is 25.7 Å². The van der Waals surface area contributed by atoms with Crippen LogP contribution >= 0.6 is 0 Å². The number of carbonyl (C=O) groups is 1. The van der Waals surface area contributed by atoms with Gasteiger partial charge in [0.25, 0.3) is 0 Å². The zero-order valence-corrected chi connectivity index (χ0v) is 8.68. The Balaban J connectivity index is 2.05. The van der Waals surface area contributed by atoms with Crippen molar-refractivity contribution in [1.29, 1.82) is 0 Å². The number of ether oxygens (including phenoxy) is 1. The minimum absolute atomic E-state index is 0.0350. The maximum absolute atomic E-state index is 11.3. The first-order chi connectivity index (χ1) is 6.70. The molecule has 0 aromatic carbocycles. The summed E-state index contributed by atoms with van der Waals surface area (Å²) in [5.74, 6) is -0.159. The van der Waals surface area contributed by atoms with Crippen molar-refractivity contribution in [3.8, 4) is 0 Å². The zero-order valence-electron chi connectivity index (χ0n) is 7.86. The normalized spacial score (nSPS) is 19.5. The van der Waals surface area contributed by atoms with Gasteiger partial charge in [0, 0.05) is 17.8 Å². The fourth-order valence-corrected chi connectivity index (χ4v) is 1.81. The van der Waals surface area contributed by atoms with E-state index in [2.05, 4.69) is 4.72 Å². The van der Waals surface area contributed by atoms with Crippen molar-refractivity contribution in [3.05, 3.63) is 0 Å². The van der Waals surface area contributed by atoms with E-state index in [0.29, 0.717) is 0 Å². The van der Waals surface area contributed by atoms with Crippen LogP contribution in [0.4, 0.5) is 0 Å². The highest BCUT2D eigenvalue weighted by molar-refractivity contribution is 7.77. The number of rotatable bonds is 5. The SMILES string of the molecule is O=C(OCCNS(=O)[O-])C1CCCC1. The molecule has 0 aromatic heterocycles. The number of esters is 1. The van der Waals surface area contributed by atoms with E-state index in [9.17, 15) is 13.6 Å². The Morgan fingerprint density at radius 3 is 2.71 bits per heavy atom. The van der Waals surface area contributed by atoms with Gasteiger partial charge in [-0.25, -0.2) is 4.72 Å². The molecule has 1 saturated carbocycles. The molecule has 0 saturated heterocycles. The smallest absolute Gasteiger partial charge is 0.308 e. The predicted molar refractivity (Wildman–Crippen MR) is 49.8 cm³/mol. The topological polar surface area (TPSA) is 78.5 Å². The van der Waals surface area contributed by atoms with Crippen LogP contribution in [0.15, 0.2) is 0 Å². The van der Waals surface area contributed by atoms with Crippen LogP contribution in [0.3, 0.4) is 0 Å². The average molecular weight is 220 g/mol. The van der Waals surface area contributed by atoms with Gasteiger partial charge in [0.15, 0.2) is 0 Å². The van der Waals surface area contributed by atoms with Crippen LogP contribution in [-0.4, -0.2) is 27.9 Å². The fraction of sp³-hybridized carbons (Fsp3) is 0.875. The molecule has 0 radical (unpaired) electrons. The Bertz CT molecular complexity index is 215. The molecule has 14 heavy (non-hydrogen) atoms. The highest BCUT2D eigenvalue weighted by Crippen LogP contribution is 2.25. The summed E-state index contributed by atoms with van der Waals surface area (Å²) in [5.41, 5.74) is 0. The number of carbonyl (C=O) groups excluding carboxylic acids is 1. The van der Waals surface area contributed by atoms with E-state index < -0.39 is 11.3 Å². The second kappa shape index (κ2) is 6.10. The van der Waals surface area contributed by atoms with Gasteiger partial charge in [0.1, 0.15) is 6.61 Å². The summed E-state index contributed by atoms with van der Waals surface area (Å²) >= 11 is -2.27. The predicted octanol–water partition coefficient (Wildman–Crippen LogP) is 0.103. The third kappa shape index (κ3) is 4.17. The molecule has 1 unspecified atom stereocenters. The molecule has 6 heteroatoms. The van der Waals surface area contributed by atoms with Crippen LogP contribution in [0, 0.1) is 5.92 Å². The van der Waals surface area contributed by atoms with Gasteiger partial charge in [-0.3, -0.25) is 9.00 Å². The van der Waals surface area contributed by atoms with E-state index in [0.717, 1.165) is 25.7 Å². The van der Waals surface area contributed by atoms with Gasteiger partial charge >= 0.3 is 5.97 Å². The standard InChI is InChI=1S/C8H15NO4S/c10-8(7-3-1-2-4-7)13-6-5-9-14(11)12/h7,9H,1-6H2,(H,11,12)/p-1. The lowest BCUT2D eigenvalue weighted by atomic mass is 10.1. The van der Waals surface area contributed by atoms with E-state index in [4.69, 9.17) is 4.74 Å². The molecule has 0 spiro atoms. The van der Waals surface area contributed by atoms with Gasteiger partial charge in [-0.2, -0.15) is 0 Å². The van der Waals surface area contributed by atoms with Crippen molar-refractivity contribution in [3.63, 3.8) is 0 Å². The Labute approximate surface area is 85.6 Å². The van der Waals surface area contributed by atoms with E-state index in [1.54, 1.807) is 0 Å². The van der Waals surface area contributed by atoms with Gasteiger partial charge in [-0.05, 0) is 12.8 Å². The first-order valence-corrected chi connectivity index (χ1v) is 5.77. The molecule has 1 fully saturated rings. The van der Waals surface area contributed by atoms with Crippen LogP contribution in [0.1, 0.15) is 25.7 Å². The van der Waals surface area contributed by atoms with Crippen molar-refractivity contribution < 1.29 is 18.3 Å². The van der Waals surface area contributed by atoms with Crippen LogP contribution in [-0.2, 0) is 20.8 Å². The molecule has 1 N–H and O–H groups in total. The lowest BCUT2D eigenvalue weighted by Crippen LogP contribution is -2.24. The van der Waals surface area contributed by atoms with Crippen molar-refractivity contribution in [2.24, 2.45) is 5.92 Å². The van der Waals surface area contributed by atoms with E-state index >= 15 is 0 Å². The minimum Gasteiger partial charge on any atom is -0.760 e. The maximum atomic E-state index is 11.3. The lowest BCUT2D eigenvalue weighted by Gasteiger charge is -2.10. The monoisotopic (exact) mass is 220 g/mol. The molecule has 0 amide bonds. The summed E-state index contributed by atoms with van der Waals surface area (Å²) in [6.45, 7) is 0.262. The van der Waals surface area contributed by atoms with E-state index in [1.165, 1.54) is 0 Å². The second-order valence-corrected chi connectivity index (χ2v) is 4.04. The van der Waals surface area contributed by atoms with Gasteiger partial charge in [0.2, 0.25) is 0 Å². The number of hydrogen-bond acceptors (Lipinski definition) is 4. The Kier molecular flexibility index (Phi) is 5.06. The molecular weight excluding hydrogens is 206 g/mol. The summed E-state index contributed by atoms with van der Waals surface area (Å²) < 4.78 is 27.1. The van der Waals surface area contributed by atoms with Crippen LogP contribution in [0.2, 0.25) is 0 Å². The zero-order chi connectivity index (χ0) is 10.4. The van der Waals surface area contributed by atoms with Gasteiger partial charge in [-0.15, -0.1) is 0 Å². The quantitative estimate of drug-likeness (QED) is 0.405. The van der Waals surface area contributed by atoms with E-state index in [1.807, 2.05) is 0 Å².